The molecule has 10 nitrogen and oxygen atoms in total. The molecule has 0 bridgehead atoms. The Labute approximate surface area is 111 Å². The number of aliphatic hydroxyl groups is 2. The highest BCUT2D eigenvalue weighted by Crippen LogP contribution is 2.36. The van der Waals surface area contributed by atoms with E-state index in [4.69, 9.17) is 10.3 Å². The fourth-order valence-corrected chi connectivity index (χ4v) is 2.11. The predicted molar refractivity (Wildman–Crippen MR) is 65.9 cm³/mol. The highest BCUT2D eigenvalue weighted by Gasteiger charge is 2.48. The van der Waals surface area contributed by atoms with Crippen molar-refractivity contribution in [2.45, 2.75) is 24.4 Å². The first kappa shape index (κ1) is 14.3. The van der Waals surface area contributed by atoms with Crippen molar-refractivity contribution in [3.05, 3.63) is 43.5 Å². The first-order valence-electron chi connectivity index (χ1n) is 5.81. The van der Waals surface area contributed by atoms with Gasteiger partial charge in [0.1, 0.15) is 11.8 Å². The van der Waals surface area contributed by atoms with Gasteiger partial charge in [0, 0.05) is 23.6 Å². The van der Waals surface area contributed by atoms with Crippen molar-refractivity contribution in [1.29, 1.82) is 0 Å². The molecule has 1 aromatic heterocycles. The Morgan fingerprint density at radius 3 is 3.00 bits per heavy atom. The van der Waals surface area contributed by atoms with Crippen LogP contribution in [0.2, 0.25) is 0 Å². The number of rotatable bonds is 4. The lowest BCUT2D eigenvalue weighted by atomic mass is 9.98. The van der Waals surface area contributed by atoms with Gasteiger partial charge in [0.05, 0.1) is 19.3 Å². The molecule has 1 aliphatic rings. The van der Waals surface area contributed by atoms with Crippen LogP contribution >= 0.6 is 0 Å². The Bertz CT molecular complexity index is 648. The predicted octanol–water partition coefficient (Wildman–Crippen LogP) is -1.14. The van der Waals surface area contributed by atoms with Gasteiger partial charge < -0.3 is 14.9 Å². The average Bonchev–Trinajstić information content (AvgIpc) is 2.74. The second kappa shape index (κ2) is 5.47. The van der Waals surface area contributed by atoms with Crippen LogP contribution in [0.4, 0.5) is 0 Å². The molecule has 2 heterocycles. The Hall–Kier alpha value is -2.13. The SMILES string of the molecule is [N-]=[N+]=NC[C@]1(CO)OC(n2ccc(=O)[nH]c2=O)C[C@@H]1O. The third-order valence-corrected chi connectivity index (χ3v) is 3.23. The maximum Gasteiger partial charge on any atom is 0.330 e. The molecule has 1 saturated heterocycles. The molecule has 0 aromatic carbocycles. The number of nitrogens with zero attached hydrogens (tertiary/aromatic N) is 4. The van der Waals surface area contributed by atoms with Crippen LogP contribution in [-0.4, -0.2) is 44.6 Å². The van der Waals surface area contributed by atoms with Crippen LogP contribution in [0.25, 0.3) is 10.4 Å². The van der Waals surface area contributed by atoms with Crippen LogP contribution in [0.3, 0.4) is 0 Å². The zero-order valence-corrected chi connectivity index (χ0v) is 10.3. The topological polar surface area (TPSA) is 153 Å². The molecule has 1 unspecified atom stereocenters. The molecular weight excluding hydrogens is 270 g/mol. The average molecular weight is 283 g/mol. The Kier molecular flexibility index (Phi) is 3.91. The lowest BCUT2D eigenvalue weighted by molar-refractivity contribution is -0.122. The molecule has 2 rings (SSSR count). The summed E-state index contributed by atoms with van der Waals surface area (Å²) in [6, 6.07) is 1.14. The minimum Gasteiger partial charge on any atom is -0.393 e. The normalized spacial score (nSPS) is 29.1. The Morgan fingerprint density at radius 2 is 2.40 bits per heavy atom. The van der Waals surface area contributed by atoms with E-state index in [1.165, 1.54) is 6.20 Å². The van der Waals surface area contributed by atoms with Gasteiger partial charge in [-0.3, -0.25) is 14.3 Å². The maximum absolute atomic E-state index is 11.6. The third-order valence-electron chi connectivity index (χ3n) is 3.23. The summed E-state index contributed by atoms with van der Waals surface area (Å²) < 4.78 is 6.59. The van der Waals surface area contributed by atoms with Crippen LogP contribution in [0.1, 0.15) is 12.6 Å². The summed E-state index contributed by atoms with van der Waals surface area (Å²) in [5.74, 6) is 0. The van der Waals surface area contributed by atoms with Gasteiger partial charge in [-0.25, -0.2) is 4.79 Å². The number of ether oxygens (including phenoxy) is 1. The summed E-state index contributed by atoms with van der Waals surface area (Å²) in [5, 5.41) is 22.7. The van der Waals surface area contributed by atoms with Gasteiger partial charge in [-0.1, -0.05) is 5.11 Å². The monoisotopic (exact) mass is 283 g/mol. The van der Waals surface area contributed by atoms with Crippen LogP contribution in [0, 0.1) is 0 Å². The van der Waals surface area contributed by atoms with E-state index in [9.17, 15) is 19.8 Å². The number of hydrogen-bond acceptors (Lipinski definition) is 6. The number of aliphatic hydroxyl groups excluding tert-OH is 2. The zero-order valence-electron chi connectivity index (χ0n) is 10.3. The number of nitrogens with one attached hydrogen (secondary N) is 1. The van der Waals surface area contributed by atoms with E-state index >= 15 is 0 Å². The molecule has 10 heteroatoms. The molecule has 1 aliphatic heterocycles. The highest BCUT2D eigenvalue weighted by molar-refractivity contribution is 4.98. The quantitative estimate of drug-likeness (QED) is 0.362. The number of azide groups is 1. The van der Waals surface area contributed by atoms with Crippen molar-refractivity contribution in [2.75, 3.05) is 13.2 Å². The van der Waals surface area contributed by atoms with E-state index in [0.717, 1.165) is 10.6 Å². The van der Waals surface area contributed by atoms with Crippen molar-refractivity contribution in [1.82, 2.24) is 9.55 Å². The van der Waals surface area contributed by atoms with Gasteiger partial charge in [-0.05, 0) is 5.53 Å². The van der Waals surface area contributed by atoms with Gasteiger partial charge in [0.15, 0.2) is 0 Å². The Balaban J connectivity index is 2.31. The number of aromatic amines is 1. The maximum atomic E-state index is 11.6. The lowest BCUT2D eigenvalue weighted by Gasteiger charge is -2.28. The minimum atomic E-state index is -1.45. The molecule has 1 fully saturated rings. The fraction of sp³-hybridized carbons (Fsp3) is 0.600. The van der Waals surface area contributed by atoms with Crippen molar-refractivity contribution in [3.8, 4) is 0 Å². The lowest BCUT2D eigenvalue weighted by Crippen LogP contribution is -2.46. The summed E-state index contributed by atoms with van der Waals surface area (Å²) in [5.41, 5.74) is 5.64. The van der Waals surface area contributed by atoms with Crippen LogP contribution in [-0.2, 0) is 4.74 Å². The summed E-state index contributed by atoms with van der Waals surface area (Å²) in [4.78, 5) is 27.3. The first-order chi connectivity index (χ1) is 9.52. The van der Waals surface area contributed by atoms with Gasteiger partial charge in [0.2, 0.25) is 0 Å². The minimum absolute atomic E-state index is 0.0213. The first-order valence-corrected chi connectivity index (χ1v) is 5.81. The Morgan fingerprint density at radius 1 is 1.65 bits per heavy atom. The fourth-order valence-electron chi connectivity index (χ4n) is 2.11. The molecule has 1 aromatic rings. The molecular formula is C10H13N5O5. The van der Waals surface area contributed by atoms with E-state index in [1.54, 1.807) is 0 Å². The van der Waals surface area contributed by atoms with Crippen molar-refractivity contribution >= 4 is 0 Å². The van der Waals surface area contributed by atoms with Crippen LogP contribution in [0.5, 0.6) is 0 Å². The smallest absolute Gasteiger partial charge is 0.330 e. The second-order valence-electron chi connectivity index (χ2n) is 4.45. The van der Waals surface area contributed by atoms with Gasteiger partial charge in [0.25, 0.3) is 5.56 Å². The highest BCUT2D eigenvalue weighted by atomic mass is 16.6. The number of aromatic nitrogens is 2. The second-order valence-corrected chi connectivity index (χ2v) is 4.45. The van der Waals surface area contributed by atoms with Gasteiger partial charge in [-0.15, -0.1) is 0 Å². The molecule has 3 N–H and O–H groups in total. The molecule has 20 heavy (non-hydrogen) atoms. The van der Waals surface area contributed by atoms with Crippen LogP contribution < -0.4 is 11.2 Å². The molecule has 108 valence electrons. The van der Waals surface area contributed by atoms with E-state index < -0.39 is 35.8 Å². The molecule has 0 saturated carbocycles. The molecule has 0 amide bonds. The van der Waals surface area contributed by atoms with E-state index in [-0.39, 0.29) is 13.0 Å². The molecule has 0 radical (unpaired) electrons. The van der Waals surface area contributed by atoms with Crippen molar-refractivity contribution in [2.24, 2.45) is 5.11 Å². The van der Waals surface area contributed by atoms with Gasteiger partial charge >= 0.3 is 5.69 Å². The molecule has 3 atom stereocenters. The van der Waals surface area contributed by atoms with Crippen molar-refractivity contribution in [3.63, 3.8) is 0 Å². The number of H-pyrrole nitrogens is 1. The summed E-state index contributed by atoms with van der Waals surface area (Å²) >= 11 is 0. The van der Waals surface area contributed by atoms with Crippen LogP contribution in [0.15, 0.2) is 27.0 Å². The van der Waals surface area contributed by atoms with E-state index in [2.05, 4.69) is 15.0 Å². The van der Waals surface area contributed by atoms with E-state index in [1.807, 2.05) is 0 Å². The molecule has 0 aliphatic carbocycles. The standard InChI is InChI=1S/C10H13N5O5/c11-14-12-4-10(5-16)6(17)3-8(20-10)15-2-1-7(18)13-9(15)19/h1-2,6,8,16-17H,3-5H2,(H,13,18,19)/t6-,8?,10+/m0/s1. The van der Waals surface area contributed by atoms with Crippen molar-refractivity contribution < 1.29 is 14.9 Å². The van der Waals surface area contributed by atoms with E-state index in [0.29, 0.717) is 0 Å². The largest absolute Gasteiger partial charge is 0.393 e. The summed E-state index contributed by atoms with van der Waals surface area (Å²) in [6.45, 7) is -0.836. The molecule has 0 spiro atoms. The van der Waals surface area contributed by atoms with Gasteiger partial charge in [-0.2, -0.15) is 0 Å². The summed E-state index contributed by atoms with van der Waals surface area (Å²) in [7, 11) is 0. The number of hydrogen-bond donors (Lipinski definition) is 3. The third kappa shape index (κ3) is 2.45. The zero-order chi connectivity index (χ0) is 14.8. The summed E-state index contributed by atoms with van der Waals surface area (Å²) in [6.07, 6.45) is -0.718.